The summed E-state index contributed by atoms with van der Waals surface area (Å²) in [5, 5.41) is 8.67. The first kappa shape index (κ1) is 16.5. The van der Waals surface area contributed by atoms with Crippen molar-refractivity contribution < 1.29 is 14.6 Å². The van der Waals surface area contributed by atoms with Crippen molar-refractivity contribution in [1.82, 2.24) is 4.90 Å². The Kier molecular flexibility index (Phi) is 7.09. The van der Waals surface area contributed by atoms with Crippen LogP contribution >= 0.6 is 0 Å². The number of hydrogen-bond acceptors (Lipinski definition) is 3. The summed E-state index contributed by atoms with van der Waals surface area (Å²) < 4.78 is 5.71. The number of aryl methyl sites for hydroxylation is 1. The van der Waals surface area contributed by atoms with E-state index in [0.29, 0.717) is 19.1 Å². The van der Waals surface area contributed by atoms with E-state index >= 15 is 0 Å². The second kappa shape index (κ2) is 8.59. The van der Waals surface area contributed by atoms with E-state index in [1.54, 1.807) is 0 Å². The highest BCUT2D eigenvalue weighted by atomic mass is 16.5. The first-order chi connectivity index (χ1) is 9.49. The molecule has 0 atom stereocenters. The molecule has 4 heteroatoms. The molecule has 1 N–H and O–H groups in total. The Morgan fingerprint density at radius 3 is 2.45 bits per heavy atom. The molecule has 0 aliphatic heterocycles. The van der Waals surface area contributed by atoms with Gasteiger partial charge in [0.05, 0.1) is 0 Å². The van der Waals surface area contributed by atoms with Crippen LogP contribution in [0.5, 0.6) is 5.75 Å². The number of ether oxygens (including phenoxy) is 1. The van der Waals surface area contributed by atoms with Gasteiger partial charge in [-0.1, -0.05) is 17.7 Å². The van der Waals surface area contributed by atoms with Gasteiger partial charge in [0.1, 0.15) is 12.4 Å². The summed E-state index contributed by atoms with van der Waals surface area (Å²) in [6.07, 6.45) is 0.903. The van der Waals surface area contributed by atoms with Gasteiger partial charge in [-0.15, -0.1) is 0 Å². The highest BCUT2D eigenvalue weighted by Crippen LogP contribution is 2.11. The third-order valence-electron chi connectivity index (χ3n) is 3.23. The van der Waals surface area contributed by atoms with Gasteiger partial charge in [0, 0.05) is 19.0 Å². The lowest BCUT2D eigenvalue weighted by atomic mass is 10.2. The Bertz CT molecular complexity index is 401. The molecule has 0 aliphatic carbocycles. The van der Waals surface area contributed by atoms with Crippen molar-refractivity contribution in [2.75, 3.05) is 19.7 Å². The molecule has 0 saturated heterocycles. The van der Waals surface area contributed by atoms with Crippen LogP contribution in [-0.4, -0.2) is 41.7 Å². The van der Waals surface area contributed by atoms with E-state index in [0.717, 1.165) is 18.8 Å². The smallest absolute Gasteiger partial charge is 0.303 e. The molecule has 4 nitrogen and oxygen atoms in total. The summed E-state index contributed by atoms with van der Waals surface area (Å²) in [5.41, 5.74) is 1.22. The molecule has 112 valence electrons. The van der Waals surface area contributed by atoms with Gasteiger partial charge >= 0.3 is 5.97 Å². The van der Waals surface area contributed by atoms with E-state index in [9.17, 15) is 4.79 Å². The van der Waals surface area contributed by atoms with Crippen LogP contribution in [0.15, 0.2) is 24.3 Å². The van der Waals surface area contributed by atoms with E-state index in [4.69, 9.17) is 9.84 Å². The molecule has 0 bridgehead atoms. The lowest BCUT2D eigenvalue weighted by Crippen LogP contribution is -2.35. The molecular formula is C16H25NO3. The summed E-state index contributed by atoms with van der Waals surface area (Å²) in [6, 6.07) is 8.40. The van der Waals surface area contributed by atoms with E-state index in [1.807, 2.05) is 31.2 Å². The Morgan fingerprint density at radius 1 is 1.25 bits per heavy atom. The van der Waals surface area contributed by atoms with Gasteiger partial charge in [0.25, 0.3) is 0 Å². The fourth-order valence-corrected chi connectivity index (χ4v) is 1.98. The van der Waals surface area contributed by atoms with Gasteiger partial charge in [0.2, 0.25) is 0 Å². The van der Waals surface area contributed by atoms with Gasteiger partial charge in [-0.25, -0.2) is 0 Å². The number of benzene rings is 1. The lowest BCUT2D eigenvalue weighted by molar-refractivity contribution is -0.137. The number of carboxylic acids is 1. The number of carbonyl (C=O) groups is 1. The minimum Gasteiger partial charge on any atom is -0.492 e. The molecule has 20 heavy (non-hydrogen) atoms. The van der Waals surface area contributed by atoms with Crippen molar-refractivity contribution >= 4 is 5.97 Å². The molecule has 0 heterocycles. The van der Waals surface area contributed by atoms with Crippen molar-refractivity contribution in [3.05, 3.63) is 29.8 Å². The van der Waals surface area contributed by atoms with Crippen molar-refractivity contribution in [3.8, 4) is 5.75 Å². The maximum absolute atomic E-state index is 10.5. The van der Waals surface area contributed by atoms with Crippen LogP contribution in [0.3, 0.4) is 0 Å². The minimum absolute atomic E-state index is 0.224. The predicted octanol–water partition coefficient (Wildman–Crippen LogP) is 2.95. The Hall–Kier alpha value is -1.55. The molecule has 0 aliphatic rings. The molecule has 0 aromatic heterocycles. The predicted molar refractivity (Wildman–Crippen MR) is 80.3 cm³/mol. The first-order valence-corrected chi connectivity index (χ1v) is 7.14. The van der Waals surface area contributed by atoms with Crippen LogP contribution in [-0.2, 0) is 4.79 Å². The van der Waals surface area contributed by atoms with Crippen LogP contribution in [0, 0.1) is 6.92 Å². The van der Waals surface area contributed by atoms with Gasteiger partial charge in [-0.05, 0) is 45.9 Å². The van der Waals surface area contributed by atoms with E-state index in [1.165, 1.54) is 5.56 Å². The number of hydrogen-bond donors (Lipinski definition) is 1. The summed E-state index contributed by atoms with van der Waals surface area (Å²) in [7, 11) is 0. The molecular weight excluding hydrogens is 254 g/mol. The average Bonchev–Trinajstić information content (AvgIpc) is 2.38. The monoisotopic (exact) mass is 279 g/mol. The minimum atomic E-state index is -0.732. The van der Waals surface area contributed by atoms with E-state index < -0.39 is 5.97 Å². The van der Waals surface area contributed by atoms with Gasteiger partial charge in [-0.3, -0.25) is 9.69 Å². The first-order valence-electron chi connectivity index (χ1n) is 7.14. The van der Waals surface area contributed by atoms with Gasteiger partial charge in [0.15, 0.2) is 0 Å². The third-order valence-corrected chi connectivity index (χ3v) is 3.23. The molecule has 0 spiro atoms. The second-order valence-corrected chi connectivity index (χ2v) is 5.29. The maximum Gasteiger partial charge on any atom is 0.303 e. The number of aliphatic carboxylic acids is 1. The standard InChI is InChI=1S/C16H25NO3/c1-13(2)17(10-4-5-16(18)19)11-12-20-15-8-6-14(3)7-9-15/h6-9,13H,4-5,10-12H2,1-3H3,(H,18,19). The zero-order valence-electron chi connectivity index (χ0n) is 12.6. The SMILES string of the molecule is Cc1ccc(OCCN(CCCC(=O)O)C(C)C)cc1. The molecule has 0 saturated carbocycles. The van der Waals surface area contributed by atoms with Gasteiger partial charge < -0.3 is 9.84 Å². The van der Waals surface area contributed by atoms with Gasteiger partial charge in [-0.2, -0.15) is 0 Å². The van der Waals surface area contributed by atoms with Crippen molar-refractivity contribution in [2.45, 2.75) is 39.7 Å². The maximum atomic E-state index is 10.5. The van der Waals surface area contributed by atoms with Crippen LogP contribution in [0.25, 0.3) is 0 Å². The van der Waals surface area contributed by atoms with Crippen molar-refractivity contribution in [3.63, 3.8) is 0 Å². The highest BCUT2D eigenvalue weighted by Gasteiger charge is 2.10. The molecule has 0 amide bonds. The van der Waals surface area contributed by atoms with Crippen LogP contribution in [0.1, 0.15) is 32.3 Å². The fourth-order valence-electron chi connectivity index (χ4n) is 1.98. The van der Waals surface area contributed by atoms with Crippen LogP contribution in [0.2, 0.25) is 0 Å². The average molecular weight is 279 g/mol. The fraction of sp³-hybridized carbons (Fsp3) is 0.562. The second-order valence-electron chi connectivity index (χ2n) is 5.29. The number of carboxylic acid groups (broad SMARTS) is 1. The Morgan fingerprint density at radius 2 is 1.90 bits per heavy atom. The number of rotatable bonds is 9. The molecule has 0 unspecified atom stereocenters. The van der Waals surface area contributed by atoms with Crippen LogP contribution in [0.4, 0.5) is 0 Å². The molecule has 1 rings (SSSR count). The summed E-state index contributed by atoms with van der Waals surface area (Å²) >= 11 is 0. The lowest BCUT2D eigenvalue weighted by Gasteiger charge is -2.26. The zero-order valence-corrected chi connectivity index (χ0v) is 12.6. The summed E-state index contributed by atoms with van der Waals surface area (Å²) in [5.74, 6) is 0.148. The number of nitrogens with zero attached hydrogens (tertiary/aromatic N) is 1. The topological polar surface area (TPSA) is 49.8 Å². The normalized spacial score (nSPS) is 11.1. The van der Waals surface area contributed by atoms with E-state index in [-0.39, 0.29) is 6.42 Å². The van der Waals surface area contributed by atoms with E-state index in [2.05, 4.69) is 18.7 Å². The molecule has 0 fully saturated rings. The zero-order chi connectivity index (χ0) is 15.0. The van der Waals surface area contributed by atoms with Crippen LogP contribution < -0.4 is 4.74 Å². The Balaban J connectivity index is 2.31. The molecule has 1 aromatic carbocycles. The Labute approximate surface area is 121 Å². The third kappa shape index (κ3) is 6.57. The summed E-state index contributed by atoms with van der Waals surface area (Å²) in [4.78, 5) is 12.8. The largest absolute Gasteiger partial charge is 0.492 e. The van der Waals surface area contributed by atoms with Crippen molar-refractivity contribution in [1.29, 1.82) is 0 Å². The summed E-state index contributed by atoms with van der Waals surface area (Å²) in [6.45, 7) is 8.51. The molecule has 1 aromatic rings. The van der Waals surface area contributed by atoms with Crippen molar-refractivity contribution in [2.24, 2.45) is 0 Å². The highest BCUT2D eigenvalue weighted by molar-refractivity contribution is 5.66. The molecule has 0 radical (unpaired) electrons. The quantitative estimate of drug-likeness (QED) is 0.755.